The van der Waals surface area contributed by atoms with Crippen LogP contribution in [0.2, 0.25) is 0 Å². The van der Waals surface area contributed by atoms with E-state index in [1.807, 2.05) is 25.9 Å². The van der Waals surface area contributed by atoms with Crippen molar-refractivity contribution in [2.45, 2.75) is 13.5 Å². The molecule has 2 rings (SSSR count). The summed E-state index contributed by atoms with van der Waals surface area (Å²) in [6, 6.07) is 5.91. The molecular formula is C13H16FN3O. The molecule has 1 aromatic heterocycles. The summed E-state index contributed by atoms with van der Waals surface area (Å²) in [7, 11) is 3.84. The van der Waals surface area contributed by atoms with Gasteiger partial charge in [0.15, 0.2) is 5.82 Å². The second-order valence-corrected chi connectivity index (χ2v) is 4.52. The molecule has 0 amide bonds. The van der Waals surface area contributed by atoms with Gasteiger partial charge in [-0.3, -0.25) is 0 Å². The number of hydrogen-bond acceptors (Lipinski definition) is 3. The molecule has 1 N–H and O–H groups in total. The largest absolute Gasteiger partial charge is 0.427 e. The summed E-state index contributed by atoms with van der Waals surface area (Å²) >= 11 is 0. The van der Waals surface area contributed by atoms with Crippen LogP contribution in [-0.4, -0.2) is 33.9 Å². The first-order valence-corrected chi connectivity index (χ1v) is 5.67. The second-order valence-electron chi connectivity index (χ2n) is 4.52. The van der Waals surface area contributed by atoms with E-state index in [-0.39, 0.29) is 5.82 Å². The molecule has 4 nitrogen and oxygen atoms in total. The van der Waals surface area contributed by atoms with Gasteiger partial charge in [0.2, 0.25) is 0 Å². The molecule has 96 valence electrons. The van der Waals surface area contributed by atoms with Crippen molar-refractivity contribution in [1.82, 2.24) is 14.6 Å². The van der Waals surface area contributed by atoms with Crippen LogP contribution in [0.1, 0.15) is 11.4 Å². The second kappa shape index (κ2) is 4.78. The molecule has 0 spiro atoms. The van der Waals surface area contributed by atoms with Crippen LogP contribution in [-0.2, 0) is 6.54 Å². The Labute approximate surface area is 105 Å². The summed E-state index contributed by atoms with van der Waals surface area (Å²) in [5, 5.41) is 10.1. The zero-order valence-electron chi connectivity index (χ0n) is 10.7. The highest BCUT2D eigenvalue weighted by molar-refractivity contribution is 5.56. The molecule has 0 aliphatic carbocycles. The molecule has 0 radical (unpaired) electrons. The van der Waals surface area contributed by atoms with E-state index in [0.717, 1.165) is 16.1 Å². The van der Waals surface area contributed by atoms with Gasteiger partial charge in [-0.1, -0.05) is 0 Å². The Kier molecular flexibility index (Phi) is 3.34. The quantitative estimate of drug-likeness (QED) is 0.849. The average Bonchev–Trinajstić information content (AvgIpc) is 2.58. The van der Waals surface area contributed by atoms with Crippen LogP contribution in [0.15, 0.2) is 24.3 Å². The normalized spacial score (nSPS) is 11.2. The van der Waals surface area contributed by atoms with E-state index in [1.54, 1.807) is 12.1 Å². The Morgan fingerprint density at radius 3 is 2.44 bits per heavy atom. The molecule has 18 heavy (non-hydrogen) atoms. The number of nitrogens with zero attached hydrogens (tertiary/aromatic N) is 3. The molecule has 0 aliphatic heterocycles. The van der Waals surface area contributed by atoms with Gasteiger partial charge in [-0.2, -0.15) is 4.73 Å². The van der Waals surface area contributed by atoms with Gasteiger partial charge >= 0.3 is 0 Å². The molecule has 1 heterocycles. The van der Waals surface area contributed by atoms with Crippen molar-refractivity contribution in [1.29, 1.82) is 0 Å². The maximum atomic E-state index is 12.9. The fourth-order valence-corrected chi connectivity index (χ4v) is 1.82. The zero-order chi connectivity index (χ0) is 13.3. The van der Waals surface area contributed by atoms with E-state index in [9.17, 15) is 9.60 Å². The summed E-state index contributed by atoms with van der Waals surface area (Å²) in [5.74, 6) is 0.129. The van der Waals surface area contributed by atoms with Crippen molar-refractivity contribution in [2.24, 2.45) is 0 Å². The van der Waals surface area contributed by atoms with E-state index < -0.39 is 0 Å². The first-order chi connectivity index (χ1) is 8.49. The van der Waals surface area contributed by atoms with Crippen LogP contribution in [0.25, 0.3) is 11.4 Å². The first kappa shape index (κ1) is 12.6. The van der Waals surface area contributed by atoms with Crippen molar-refractivity contribution in [3.63, 3.8) is 0 Å². The Balaban J connectivity index is 2.43. The minimum atomic E-state index is -0.306. The summed E-state index contributed by atoms with van der Waals surface area (Å²) in [6.07, 6.45) is 0. The number of hydrogen-bond donors (Lipinski definition) is 1. The van der Waals surface area contributed by atoms with Crippen LogP contribution < -0.4 is 0 Å². The Morgan fingerprint density at radius 2 is 1.89 bits per heavy atom. The lowest BCUT2D eigenvalue weighted by Gasteiger charge is -2.10. The molecule has 0 bridgehead atoms. The van der Waals surface area contributed by atoms with Crippen LogP contribution in [0.5, 0.6) is 0 Å². The fourth-order valence-electron chi connectivity index (χ4n) is 1.82. The summed E-state index contributed by atoms with van der Waals surface area (Å²) in [6.45, 7) is 2.44. The average molecular weight is 249 g/mol. The van der Waals surface area contributed by atoms with Gasteiger partial charge in [-0.25, -0.2) is 9.37 Å². The van der Waals surface area contributed by atoms with Crippen LogP contribution in [0.3, 0.4) is 0 Å². The van der Waals surface area contributed by atoms with Crippen LogP contribution in [0.4, 0.5) is 4.39 Å². The summed E-state index contributed by atoms with van der Waals surface area (Å²) in [4.78, 5) is 6.28. The van der Waals surface area contributed by atoms with Gasteiger partial charge in [-0.15, -0.1) is 0 Å². The van der Waals surface area contributed by atoms with Gasteiger partial charge in [-0.05, 0) is 45.3 Å². The highest BCUT2D eigenvalue weighted by atomic mass is 19.1. The minimum absolute atomic E-state index is 0.306. The first-order valence-electron chi connectivity index (χ1n) is 5.67. The van der Waals surface area contributed by atoms with E-state index in [2.05, 4.69) is 4.98 Å². The minimum Gasteiger partial charge on any atom is -0.427 e. The molecule has 1 aromatic carbocycles. The van der Waals surface area contributed by atoms with Gasteiger partial charge in [0, 0.05) is 12.1 Å². The Bertz CT molecular complexity index is 546. The Hall–Kier alpha value is -1.88. The highest BCUT2D eigenvalue weighted by Crippen LogP contribution is 2.21. The maximum Gasteiger partial charge on any atom is 0.175 e. The van der Waals surface area contributed by atoms with Crippen molar-refractivity contribution in [3.8, 4) is 11.4 Å². The third-order valence-electron chi connectivity index (χ3n) is 2.72. The lowest BCUT2D eigenvalue weighted by Crippen LogP contribution is -2.14. The Morgan fingerprint density at radius 1 is 1.28 bits per heavy atom. The van der Waals surface area contributed by atoms with Crippen LogP contribution in [0, 0.1) is 12.7 Å². The lowest BCUT2D eigenvalue weighted by atomic mass is 10.2. The number of aryl methyl sites for hydroxylation is 1. The summed E-state index contributed by atoms with van der Waals surface area (Å²) in [5.41, 5.74) is 2.19. The number of halogens is 1. The van der Waals surface area contributed by atoms with Gasteiger partial charge in [0.05, 0.1) is 11.4 Å². The van der Waals surface area contributed by atoms with Crippen molar-refractivity contribution in [2.75, 3.05) is 14.1 Å². The molecule has 5 heteroatoms. The molecule has 0 aliphatic rings. The van der Waals surface area contributed by atoms with Gasteiger partial charge < -0.3 is 10.1 Å². The topological polar surface area (TPSA) is 41.3 Å². The molecule has 0 fully saturated rings. The van der Waals surface area contributed by atoms with Crippen molar-refractivity contribution in [3.05, 3.63) is 41.5 Å². The SMILES string of the molecule is Cc1nc(-c2ccc(F)cc2)n(O)c1CN(C)C. The van der Waals surface area contributed by atoms with Crippen molar-refractivity contribution >= 4 is 0 Å². The monoisotopic (exact) mass is 249 g/mol. The third-order valence-corrected chi connectivity index (χ3v) is 2.72. The highest BCUT2D eigenvalue weighted by Gasteiger charge is 2.15. The molecule has 0 atom stereocenters. The van der Waals surface area contributed by atoms with Gasteiger partial charge in [0.1, 0.15) is 5.82 Å². The smallest absolute Gasteiger partial charge is 0.175 e. The van der Waals surface area contributed by atoms with E-state index in [4.69, 9.17) is 0 Å². The predicted octanol–water partition coefficient (Wildman–Crippen LogP) is 2.30. The molecule has 2 aromatic rings. The molecule has 0 unspecified atom stereocenters. The fraction of sp³-hybridized carbons (Fsp3) is 0.308. The van der Waals surface area contributed by atoms with Gasteiger partial charge in [0.25, 0.3) is 0 Å². The van der Waals surface area contributed by atoms with Crippen molar-refractivity contribution < 1.29 is 9.60 Å². The van der Waals surface area contributed by atoms with E-state index in [1.165, 1.54) is 12.1 Å². The molecular weight excluding hydrogens is 233 g/mol. The number of imidazole rings is 1. The standard InChI is InChI=1S/C13H16FN3O/c1-9-12(8-16(2)3)17(18)13(15-9)10-4-6-11(14)7-5-10/h4-7,18H,8H2,1-3H3. The molecule has 0 saturated carbocycles. The number of rotatable bonds is 3. The zero-order valence-corrected chi connectivity index (χ0v) is 10.7. The van der Waals surface area contributed by atoms with E-state index >= 15 is 0 Å². The molecule has 0 saturated heterocycles. The maximum absolute atomic E-state index is 12.9. The predicted molar refractivity (Wildman–Crippen MR) is 66.9 cm³/mol. The summed E-state index contributed by atoms with van der Waals surface area (Å²) < 4.78 is 13.9. The van der Waals surface area contributed by atoms with E-state index in [0.29, 0.717) is 17.9 Å². The lowest BCUT2D eigenvalue weighted by molar-refractivity contribution is 0.172. The number of benzene rings is 1. The number of aromatic nitrogens is 2. The third kappa shape index (κ3) is 2.36. The van der Waals surface area contributed by atoms with Crippen LogP contribution >= 0.6 is 0 Å².